The van der Waals surface area contributed by atoms with Gasteiger partial charge in [-0.2, -0.15) is 12.6 Å². The van der Waals surface area contributed by atoms with Gasteiger partial charge >= 0.3 is 0 Å². The highest BCUT2D eigenvalue weighted by Gasteiger charge is 2.31. The molecular weight excluding hydrogens is 322 g/mol. The van der Waals surface area contributed by atoms with Gasteiger partial charge in [-0.15, -0.1) is 0 Å². The van der Waals surface area contributed by atoms with Crippen LogP contribution in [0.25, 0.3) is 0 Å². The van der Waals surface area contributed by atoms with Crippen molar-refractivity contribution in [3.05, 3.63) is 27.2 Å². The number of anilines is 1. The minimum absolute atomic E-state index is 0.162. The standard InChI is InChI=1S/C12H13BrClNOS/c1-7-2-9(14)4-10(13)12(7)15-5-8(6-17)3-11(15)16/h2,4,8,17H,3,5-6H2,1H3. The molecule has 1 aliphatic heterocycles. The highest BCUT2D eigenvalue weighted by molar-refractivity contribution is 9.10. The van der Waals surface area contributed by atoms with Crippen molar-refractivity contribution in [3.8, 4) is 0 Å². The molecule has 0 radical (unpaired) electrons. The van der Waals surface area contributed by atoms with Crippen LogP contribution in [0.5, 0.6) is 0 Å². The van der Waals surface area contributed by atoms with Crippen molar-refractivity contribution in [2.45, 2.75) is 13.3 Å². The molecule has 1 unspecified atom stereocenters. The number of thiol groups is 1. The highest BCUT2D eigenvalue weighted by Crippen LogP contribution is 2.36. The molecule has 1 fully saturated rings. The van der Waals surface area contributed by atoms with E-state index in [2.05, 4.69) is 28.6 Å². The molecule has 1 heterocycles. The molecule has 5 heteroatoms. The first-order chi connectivity index (χ1) is 8.02. The molecule has 0 bridgehead atoms. The fourth-order valence-corrected chi connectivity index (χ4v) is 3.58. The maximum Gasteiger partial charge on any atom is 0.227 e. The van der Waals surface area contributed by atoms with Crippen molar-refractivity contribution in [2.24, 2.45) is 5.92 Å². The molecule has 1 saturated heterocycles. The van der Waals surface area contributed by atoms with Gasteiger partial charge in [0.05, 0.1) is 5.69 Å². The summed E-state index contributed by atoms with van der Waals surface area (Å²) in [7, 11) is 0. The summed E-state index contributed by atoms with van der Waals surface area (Å²) in [6, 6.07) is 3.70. The summed E-state index contributed by atoms with van der Waals surface area (Å²) < 4.78 is 0.871. The predicted octanol–water partition coefficient (Wildman–Crippen LogP) is 3.69. The van der Waals surface area contributed by atoms with E-state index < -0.39 is 0 Å². The van der Waals surface area contributed by atoms with Gasteiger partial charge in [0.15, 0.2) is 0 Å². The first-order valence-electron chi connectivity index (χ1n) is 5.39. The van der Waals surface area contributed by atoms with Crippen LogP contribution in [0.3, 0.4) is 0 Å². The number of carbonyl (C=O) groups is 1. The van der Waals surface area contributed by atoms with Gasteiger partial charge in [-0.05, 0) is 52.2 Å². The van der Waals surface area contributed by atoms with Gasteiger partial charge in [0.1, 0.15) is 0 Å². The van der Waals surface area contributed by atoms with Crippen molar-refractivity contribution >= 4 is 51.8 Å². The summed E-state index contributed by atoms with van der Waals surface area (Å²) in [4.78, 5) is 13.8. The van der Waals surface area contributed by atoms with E-state index in [0.717, 1.165) is 28.0 Å². The number of nitrogens with zero attached hydrogens (tertiary/aromatic N) is 1. The first-order valence-corrected chi connectivity index (χ1v) is 7.20. The topological polar surface area (TPSA) is 20.3 Å². The van der Waals surface area contributed by atoms with Gasteiger partial charge in [0.2, 0.25) is 5.91 Å². The highest BCUT2D eigenvalue weighted by atomic mass is 79.9. The summed E-state index contributed by atoms with van der Waals surface area (Å²) in [6.07, 6.45) is 0.581. The van der Waals surface area contributed by atoms with Gasteiger partial charge in [-0.25, -0.2) is 0 Å². The summed E-state index contributed by atoms with van der Waals surface area (Å²) in [5.41, 5.74) is 1.95. The maximum atomic E-state index is 12.0. The van der Waals surface area contributed by atoms with E-state index in [9.17, 15) is 4.79 Å². The molecule has 2 nitrogen and oxygen atoms in total. The number of hydrogen-bond donors (Lipinski definition) is 1. The molecule has 0 aromatic heterocycles. The Morgan fingerprint density at radius 3 is 2.82 bits per heavy atom. The van der Waals surface area contributed by atoms with Gasteiger partial charge in [0, 0.05) is 22.5 Å². The number of rotatable bonds is 2. The number of benzene rings is 1. The third kappa shape index (κ3) is 2.64. The number of amides is 1. The average Bonchev–Trinajstić information content (AvgIpc) is 2.59. The molecule has 2 rings (SSSR count). The maximum absolute atomic E-state index is 12.0. The molecule has 0 N–H and O–H groups in total. The lowest BCUT2D eigenvalue weighted by Crippen LogP contribution is -2.25. The van der Waals surface area contributed by atoms with Crippen LogP contribution in [-0.2, 0) is 4.79 Å². The Kier molecular flexibility index (Phi) is 4.06. The van der Waals surface area contributed by atoms with E-state index in [4.69, 9.17) is 11.6 Å². The smallest absolute Gasteiger partial charge is 0.227 e. The quantitative estimate of drug-likeness (QED) is 0.818. The molecule has 1 aromatic rings. The number of halogens is 2. The Morgan fingerprint density at radius 1 is 1.59 bits per heavy atom. The Hall–Kier alpha value is -0.190. The molecule has 1 atom stereocenters. The van der Waals surface area contributed by atoms with Crippen LogP contribution >= 0.6 is 40.2 Å². The van der Waals surface area contributed by atoms with Gasteiger partial charge in [0.25, 0.3) is 0 Å². The molecule has 0 aliphatic carbocycles. The number of hydrogen-bond acceptors (Lipinski definition) is 2. The van der Waals surface area contributed by atoms with E-state index in [1.165, 1.54) is 0 Å². The van der Waals surface area contributed by atoms with Crippen molar-refractivity contribution in [1.82, 2.24) is 0 Å². The second-order valence-electron chi connectivity index (χ2n) is 4.31. The fraction of sp³-hybridized carbons (Fsp3) is 0.417. The minimum atomic E-state index is 0.162. The lowest BCUT2D eigenvalue weighted by Gasteiger charge is -2.21. The SMILES string of the molecule is Cc1cc(Cl)cc(Br)c1N1CC(CS)CC1=O. The second kappa shape index (κ2) is 5.21. The largest absolute Gasteiger partial charge is 0.311 e. The van der Waals surface area contributed by atoms with Crippen LogP contribution in [0, 0.1) is 12.8 Å². The van der Waals surface area contributed by atoms with E-state index in [-0.39, 0.29) is 5.91 Å². The average molecular weight is 335 g/mol. The molecule has 1 aliphatic rings. The van der Waals surface area contributed by atoms with E-state index >= 15 is 0 Å². The molecule has 0 spiro atoms. The van der Waals surface area contributed by atoms with Crippen LogP contribution in [0.4, 0.5) is 5.69 Å². The van der Waals surface area contributed by atoms with Gasteiger partial charge in [-0.3, -0.25) is 4.79 Å². The molecule has 92 valence electrons. The summed E-state index contributed by atoms with van der Waals surface area (Å²) in [5, 5.41) is 0.676. The van der Waals surface area contributed by atoms with Gasteiger partial charge in [-0.1, -0.05) is 11.6 Å². The van der Waals surface area contributed by atoms with Crippen LogP contribution in [0.2, 0.25) is 5.02 Å². The Morgan fingerprint density at radius 2 is 2.29 bits per heavy atom. The van der Waals surface area contributed by atoms with Crippen LogP contribution < -0.4 is 4.90 Å². The van der Waals surface area contributed by atoms with Crippen LogP contribution in [0.1, 0.15) is 12.0 Å². The zero-order chi connectivity index (χ0) is 12.6. The minimum Gasteiger partial charge on any atom is -0.311 e. The Balaban J connectivity index is 2.38. The van der Waals surface area contributed by atoms with Gasteiger partial charge < -0.3 is 4.90 Å². The number of carbonyl (C=O) groups excluding carboxylic acids is 1. The Labute approximate surface area is 120 Å². The molecule has 1 amide bonds. The van der Waals surface area contributed by atoms with Crippen molar-refractivity contribution in [1.29, 1.82) is 0 Å². The van der Waals surface area contributed by atoms with Crippen LogP contribution in [0.15, 0.2) is 16.6 Å². The molecule has 0 saturated carbocycles. The zero-order valence-electron chi connectivity index (χ0n) is 9.41. The Bertz CT molecular complexity index is 443. The third-order valence-electron chi connectivity index (χ3n) is 2.95. The zero-order valence-corrected chi connectivity index (χ0v) is 12.6. The molecular formula is C12H13BrClNOS. The lowest BCUT2D eigenvalue weighted by molar-refractivity contribution is -0.117. The summed E-state index contributed by atoms with van der Waals surface area (Å²) in [6.45, 7) is 2.71. The second-order valence-corrected chi connectivity index (χ2v) is 5.97. The van der Waals surface area contributed by atoms with E-state index in [1.807, 2.05) is 24.0 Å². The first kappa shape index (κ1) is 13.2. The number of aryl methyl sites for hydroxylation is 1. The monoisotopic (exact) mass is 333 g/mol. The van der Waals surface area contributed by atoms with E-state index in [0.29, 0.717) is 17.4 Å². The lowest BCUT2D eigenvalue weighted by atomic mass is 10.1. The summed E-state index contributed by atoms with van der Waals surface area (Å²) >= 11 is 13.7. The fourth-order valence-electron chi connectivity index (χ4n) is 2.16. The van der Waals surface area contributed by atoms with Crippen LogP contribution in [-0.4, -0.2) is 18.2 Å². The van der Waals surface area contributed by atoms with Crippen molar-refractivity contribution < 1.29 is 4.79 Å². The van der Waals surface area contributed by atoms with E-state index in [1.54, 1.807) is 0 Å². The normalized spacial score (nSPS) is 20.1. The third-order valence-corrected chi connectivity index (χ3v) is 4.29. The molecule has 17 heavy (non-hydrogen) atoms. The predicted molar refractivity (Wildman–Crippen MR) is 78.2 cm³/mol. The summed E-state index contributed by atoms with van der Waals surface area (Å²) in [5.74, 6) is 1.25. The van der Waals surface area contributed by atoms with Crippen molar-refractivity contribution in [2.75, 3.05) is 17.2 Å². The van der Waals surface area contributed by atoms with Crippen molar-refractivity contribution in [3.63, 3.8) is 0 Å². The molecule has 1 aromatic carbocycles.